The van der Waals surface area contributed by atoms with E-state index < -0.39 is 0 Å². The van der Waals surface area contributed by atoms with Gasteiger partial charge < -0.3 is 5.11 Å². The molecule has 94 valence electrons. The van der Waals surface area contributed by atoms with E-state index in [1.807, 2.05) is 30.3 Å². The zero-order chi connectivity index (χ0) is 13.1. The first-order valence-corrected chi connectivity index (χ1v) is 6.70. The van der Waals surface area contributed by atoms with Crippen molar-refractivity contribution in [2.75, 3.05) is 0 Å². The number of phenolic OH excluding ortho intramolecular Hbond substituents is 1. The predicted octanol–water partition coefficient (Wildman–Crippen LogP) is 4.86. The fraction of sp³-hybridized carbons (Fsp3) is 0.250. The molecule has 2 rings (SSSR count). The van der Waals surface area contributed by atoms with Gasteiger partial charge in [-0.1, -0.05) is 44.2 Å². The molecule has 18 heavy (non-hydrogen) atoms. The van der Waals surface area contributed by atoms with Crippen LogP contribution in [0.5, 0.6) is 5.75 Å². The van der Waals surface area contributed by atoms with Crippen molar-refractivity contribution in [3.8, 4) is 16.9 Å². The molecule has 0 amide bonds. The molecule has 0 saturated heterocycles. The number of rotatable bonds is 3. The molecular weight excluding hydrogens is 240 g/mol. The van der Waals surface area contributed by atoms with Crippen molar-refractivity contribution in [1.29, 1.82) is 0 Å². The van der Waals surface area contributed by atoms with Crippen LogP contribution in [0.15, 0.2) is 47.4 Å². The maximum Gasteiger partial charge on any atom is 0.123 e. The highest BCUT2D eigenvalue weighted by Crippen LogP contribution is 2.39. The van der Waals surface area contributed by atoms with Crippen LogP contribution in [0.1, 0.15) is 31.7 Å². The average Bonchev–Trinajstić information content (AvgIpc) is 2.39. The third-order valence-corrected chi connectivity index (χ3v) is 3.78. The van der Waals surface area contributed by atoms with Crippen LogP contribution < -0.4 is 0 Å². The number of benzene rings is 2. The van der Waals surface area contributed by atoms with Gasteiger partial charge in [-0.25, -0.2) is 0 Å². The number of thiol groups is 1. The lowest BCUT2D eigenvalue weighted by atomic mass is 9.89. The molecule has 0 fully saturated rings. The van der Waals surface area contributed by atoms with Crippen LogP contribution in [-0.2, 0) is 0 Å². The Morgan fingerprint density at radius 2 is 1.83 bits per heavy atom. The summed E-state index contributed by atoms with van der Waals surface area (Å²) in [7, 11) is 0. The monoisotopic (exact) mass is 258 g/mol. The molecule has 0 radical (unpaired) electrons. The molecule has 0 saturated carbocycles. The minimum atomic E-state index is 0.328. The van der Waals surface area contributed by atoms with Gasteiger partial charge in [-0.2, -0.15) is 0 Å². The molecule has 0 bridgehead atoms. The van der Waals surface area contributed by atoms with Gasteiger partial charge in [-0.05, 0) is 35.6 Å². The molecule has 0 aliphatic rings. The van der Waals surface area contributed by atoms with Crippen molar-refractivity contribution in [3.05, 3.63) is 48.0 Å². The molecule has 0 aromatic heterocycles. The van der Waals surface area contributed by atoms with E-state index in [2.05, 4.69) is 32.5 Å². The van der Waals surface area contributed by atoms with Gasteiger partial charge in [0, 0.05) is 10.5 Å². The predicted molar refractivity (Wildman–Crippen MR) is 79.5 cm³/mol. The van der Waals surface area contributed by atoms with E-state index in [1.54, 1.807) is 6.07 Å². The van der Waals surface area contributed by atoms with Crippen molar-refractivity contribution >= 4 is 12.6 Å². The Morgan fingerprint density at radius 3 is 2.50 bits per heavy atom. The summed E-state index contributed by atoms with van der Waals surface area (Å²) in [4.78, 5) is 0.892. The van der Waals surface area contributed by atoms with Gasteiger partial charge >= 0.3 is 0 Å². The summed E-state index contributed by atoms with van der Waals surface area (Å²) in [5.74, 6) is 0.745. The molecule has 0 spiro atoms. The van der Waals surface area contributed by atoms with Gasteiger partial charge in [0.2, 0.25) is 0 Å². The zero-order valence-corrected chi connectivity index (χ0v) is 11.6. The highest BCUT2D eigenvalue weighted by molar-refractivity contribution is 7.80. The van der Waals surface area contributed by atoms with Gasteiger partial charge in [0.15, 0.2) is 0 Å². The molecule has 2 heteroatoms. The minimum Gasteiger partial charge on any atom is -0.507 e. The van der Waals surface area contributed by atoms with Crippen LogP contribution in [0.25, 0.3) is 11.1 Å². The second-order valence-corrected chi connectivity index (χ2v) is 5.05. The van der Waals surface area contributed by atoms with E-state index in [0.29, 0.717) is 11.7 Å². The standard InChI is InChI=1S/C16H18OS/c1-3-11(2)12-8-6-9-14(17)16(12)13-7-4-5-10-15(13)18/h4-11,17-18H,3H2,1-2H3. The van der Waals surface area contributed by atoms with E-state index in [1.165, 1.54) is 5.56 Å². The summed E-state index contributed by atoms with van der Waals surface area (Å²) >= 11 is 4.49. The Bertz CT molecular complexity index is 549. The number of aromatic hydroxyl groups is 1. The van der Waals surface area contributed by atoms with Crippen LogP contribution >= 0.6 is 12.6 Å². The lowest BCUT2D eigenvalue weighted by Crippen LogP contribution is -1.96. The zero-order valence-electron chi connectivity index (χ0n) is 10.7. The summed E-state index contributed by atoms with van der Waals surface area (Å²) in [5.41, 5.74) is 3.09. The Balaban J connectivity index is 2.66. The second-order valence-electron chi connectivity index (χ2n) is 4.57. The molecule has 2 aromatic carbocycles. The fourth-order valence-electron chi connectivity index (χ4n) is 2.17. The Kier molecular flexibility index (Phi) is 3.97. The Hall–Kier alpha value is -1.41. The van der Waals surface area contributed by atoms with E-state index in [9.17, 15) is 5.11 Å². The van der Waals surface area contributed by atoms with Gasteiger partial charge in [0.05, 0.1) is 0 Å². The smallest absolute Gasteiger partial charge is 0.123 e. The molecule has 2 aromatic rings. The number of hydrogen-bond donors (Lipinski definition) is 2. The quantitative estimate of drug-likeness (QED) is 0.753. The lowest BCUT2D eigenvalue weighted by Gasteiger charge is -2.17. The number of hydrogen-bond acceptors (Lipinski definition) is 2. The Labute approximate surface area is 114 Å². The van der Waals surface area contributed by atoms with Crippen LogP contribution in [0.2, 0.25) is 0 Å². The van der Waals surface area contributed by atoms with Crippen LogP contribution in [0.3, 0.4) is 0 Å². The van der Waals surface area contributed by atoms with Crippen molar-refractivity contribution in [1.82, 2.24) is 0 Å². The maximum absolute atomic E-state index is 10.2. The first-order valence-electron chi connectivity index (χ1n) is 6.25. The first kappa shape index (κ1) is 13.0. The molecule has 0 aliphatic heterocycles. The van der Waals surface area contributed by atoms with Gasteiger partial charge in [-0.3, -0.25) is 0 Å². The summed E-state index contributed by atoms with van der Waals surface area (Å²) in [6.45, 7) is 4.34. The molecule has 1 N–H and O–H groups in total. The normalized spacial score (nSPS) is 12.4. The van der Waals surface area contributed by atoms with Crippen LogP contribution in [-0.4, -0.2) is 5.11 Å². The average molecular weight is 258 g/mol. The summed E-state index contributed by atoms with van der Waals surface area (Å²) < 4.78 is 0. The largest absolute Gasteiger partial charge is 0.507 e. The van der Waals surface area contributed by atoms with Gasteiger partial charge in [-0.15, -0.1) is 12.6 Å². The topological polar surface area (TPSA) is 20.2 Å². The van der Waals surface area contributed by atoms with Gasteiger partial charge in [0.1, 0.15) is 5.75 Å². The first-order chi connectivity index (χ1) is 8.65. The van der Waals surface area contributed by atoms with Crippen molar-refractivity contribution in [2.24, 2.45) is 0 Å². The fourth-order valence-corrected chi connectivity index (χ4v) is 2.44. The summed E-state index contributed by atoms with van der Waals surface area (Å²) in [6, 6.07) is 13.6. The highest BCUT2D eigenvalue weighted by Gasteiger charge is 2.15. The van der Waals surface area contributed by atoms with E-state index in [0.717, 1.165) is 22.4 Å². The summed E-state index contributed by atoms with van der Waals surface area (Å²) in [5, 5.41) is 10.2. The van der Waals surface area contributed by atoms with E-state index in [-0.39, 0.29) is 0 Å². The highest BCUT2D eigenvalue weighted by atomic mass is 32.1. The maximum atomic E-state index is 10.2. The van der Waals surface area contributed by atoms with Gasteiger partial charge in [0.25, 0.3) is 0 Å². The molecule has 1 unspecified atom stereocenters. The van der Waals surface area contributed by atoms with Crippen molar-refractivity contribution in [3.63, 3.8) is 0 Å². The van der Waals surface area contributed by atoms with Crippen LogP contribution in [0.4, 0.5) is 0 Å². The lowest BCUT2D eigenvalue weighted by molar-refractivity contribution is 0.476. The number of phenols is 1. The SMILES string of the molecule is CCC(C)c1cccc(O)c1-c1ccccc1S. The van der Waals surface area contributed by atoms with Crippen molar-refractivity contribution in [2.45, 2.75) is 31.1 Å². The molecule has 1 atom stereocenters. The minimum absolute atomic E-state index is 0.328. The van der Waals surface area contributed by atoms with E-state index in [4.69, 9.17) is 0 Å². The summed E-state index contributed by atoms with van der Waals surface area (Å²) in [6.07, 6.45) is 1.05. The van der Waals surface area contributed by atoms with E-state index >= 15 is 0 Å². The molecule has 0 aliphatic carbocycles. The molecular formula is C16H18OS. The molecule has 1 nitrogen and oxygen atoms in total. The second kappa shape index (κ2) is 5.49. The van der Waals surface area contributed by atoms with Crippen molar-refractivity contribution < 1.29 is 5.11 Å². The third-order valence-electron chi connectivity index (χ3n) is 3.39. The van der Waals surface area contributed by atoms with Crippen LogP contribution in [0, 0.1) is 0 Å². The molecule has 0 heterocycles. The third kappa shape index (κ3) is 2.39. The Morgan fingerprint density at radius 1 is 1.11 bits per heavy atom.